The molecule has 4 aromatic rings. The number of carbonyl (C=O) groups excluding carboxylic acids is 1. The van der Waals surface area contributed by atoms with Gasteiger partial charge in [0.1, 0.15) is 5.75 Å². The largest absolute Gasteiger partial charge is 0.483 e. The van der Waals surface area contributed by atoms with E-state index in [-0.39, 0.29) is 25.1 Å². The Balaban J connectivity index is 1.42. The first-order chi connectivity index (χ1) is 16.5. The number of rotatable bonds is 9. The Morgan fingerprint density at radius 1 is 0.971 bits per heavy atom. The molecule has 0 N–H and O–H groups in total. The molecule has 0 radical (unpaired) electrons. The molecule has 3 aromatic carbocycles. The van der Waals surface area contributed by atoms with Gasteiger partial charge in [-0.05, 0) is 43.2 Å². The lowest BCUT2D eigenvalue weighted by atomic mass is 10.0. The van der Waals surface area contributed by atoms with Crippen molar-refractivity contribution in [1.29, 1.82) is 0 Å². The number of amides is 1. The first-order valence-corrected chi connectivity index (χ1v) is 11.5. The van der Waals surface area contributed by atoms with Gasteiger partial charge in [0.2, 0.25) is 11.8 Å². The Labute approximate surface area is 204 Å². The summed E-state index contributed by atoms with van der Waals surface area (Å²) in [4.78, 5) is 14.7. The van der Waals surface area contributed by atoms with Gasteiger partial charge in [-0.25, -0.2) is 0 Å². The van der Waals surface area contributed by atoms with E-state index in [1.54, 1.807) is 11.0 Å². The lowest BCUT2D eigenvalue weighted by Crippen LogP contribution is -2.39. The van der Waals surface area contributed by atoms with Crippen LogP contribution >= 0.6 is 11.6 Å². The second kappa shape index (κ2) is 11.0. The lowest BCUT2D eigenvalue weighted by Gasteiger charge is -2.25. The molecule has 1 aromatic heterocycles. The summed E-state index contributed by atoms with van der Waals surface area (Å²) in [5.41, 5.74) is 2.86. The van der Waals surface area contributed by atoms with Crippen LogP contribution in [0.4, 0.5) is 0 Å². The van der Waals surface area contributed by atoms with Crippen LogP contribution in [-0.2, 0) is 17.8 Å². The lowest BCUT2D eigenvalue weighted by molar-refractivity contribution is -0.136. The van der Waals surface area contributed by atoms with Crippen LogP contribution in [0, 0.1) is 0 Å². The highest BCUT2D eigenvalue weighted by Crippen LogP contribution is 2.27. The van der Waals surface area contributed by atoms with Gasteiger partial charge in [0.15, 0.2) is 6.61 Å². The van der Waals surface area contributed by atoms with Gasteiger partial charge >= 0.3 is 0 Å². The molecule has 6 nitrogen and oxygen atoms in total. The van der Waals surface area contributed by atoms with Crippen LogP contribution in [0.15, 0.2) is 83.3 Å². The first kappa shape index (κ1) is 23.5. The molecule has 0 aliphatic heterocycles. The fourth-order valence-electron chi connectivity index (χ4n) is 3.59. The number of aromatic nitrogens is 2. The summed E-state index contributed by atoms with van der Waals surface area (Å²) in [6.07, 6.45) is 0.728. The molecular weight excluding hydrogens is 450 g/mol. The first-order valence-electron chi connectivity index (χ1n) is 11.1. The second-order valence-electron chi connectivity index (χ2n) is 8.15. The Hall–Kier alpha value is -3.64. The predicted octanol–water partition coefficient (Wildman–Crippen LogP) is 5.80. The Morgan fingerprint density at radius 3 is 2.44 bits per heavy atom. The van der Waals surface area contributed by atoms with Crippen molar-refractivity contribution in [2.24, 2.45) is 0 Å². The van der Waals surface area contributed by atoms with Crippen LogP contribution < -0.4 is 4.74 Å². The van der Waals surface area contributed by atoms with Gasteiger partial charge in [-0.15, -0.1) is 10.2 Å². The number of hydrogen-bond acceptors (Lipinski definition) is 5. The minimum absolute atomic E-state index is 0.0775. The van der Waals surface area contributed by atoms with Crippen molar-refractivity contribution < 1.29 is 13.9 Å². The Bertz CT molecular complexity index is 1240. The van der Waals surface area contributed by atoms with Gasteiger partial charge in [-0.2, -0.15) is 0 Å². The number of benzene rings is 3. The van der Waals surface area contributed by atoms with Crippen molar-refractivity contribution >= 4 is 17.5 Å². The van der Waals surface area contributed by atoms with Crippen molar-refractivity contribution in [2.75, 3.05) is 6.61 Å². The van der Waals surface area contributed by atoms with Gasteiger partial charge in [0.25, 0.3) is 5.91 Å². The van der Waals surface area contributed by atoms with Crippen molar-refractivity contribution in [3.05, 3.63) is 101 Å². The zero-order valence-electron chi connectivity index (χ0n) is 19.1. The van der Waals surface area contributed by atoms with Crippen LogP contribution in [0.3, 0.4) is 0 Å². The quantitative estimate of drug-likeness (QED) is 0.306. The van der Waals surface area contributed by atoms with E-state index in [9.17, 15) is 4.79 Å². The highest BCUT2D eigenvalue weighted by atomic mass is 35.5. The molecule has 0 atom stereocenters. The molecule has 0 fully saturated rings. The molecule has 0 spiro atoms. The number of carbonyl (C=O) groups is 1. The SMILES string of the molecule is CC(C)N(Cc1nnc(-c2ccccc2Cl)o1)C(=O)COc1ccccc1Cc1ccccc1. The number of para-hydroxylation sites is 1. The van der Waals surface area contributed by atoms with E-state index in [1.807, 2.05) is 74.5 Å². The zero-order valence-corrected chi connectivity index (χ0v) is 19.9. The molecule has 0 aliphatic rings. The predicted molar refractivity (Wildman–Crippen MR) is 132 cm³/mol. The van der Waals surface area contributed by atoms with Crippen LogP contribution in [-0.4, -0.2) is 33.7 Å². The van der Waals surface area contributed by atoms with E-state index in [4.69, 9.17) is 20.8 Å². The minimum atomic E-state index is -0.165. The van der Waals surface area contributed by atoms with Gasteiger partial charge in [-0.1, -0.05) is 72.3 Å². The molecule has 34 heavy (non-hydrogen) atoms. The van der Waals surface area contributed by atoms with Crippen molar-refractivity contribution in [2.45, 2.75) is 32.9 Å². The van der Waals surface area contributed by atoms with Crippen LogP contribution in [0.1, 0.15) is 30.9 Å². The summed E-state index contributed by atoms with van der Waals surface area (Å²) in [5, 5.41) is 8.73. The maximum Gasteiger partial charge on any atom is 0.261 e. The van der Waals surface area contributed by atoms with E-state index in [2.05, 4.69) is 22.3 Å². The van der Waals surface area contributed by atoms with Crippen molar-refractivity contribution in [3.8, 4) is 17.2 Å². The van der Waals surface area contributed by atoms with Crippen molar-refractivity contribution in [1.82, 2.24) is 15.1 Å². The zero-order chi connectivity index (χ0) is 23.9. The number of hydrogen-bond donors (Lipinski definition) is 0. The van der Waals surface area contributed by atoms with Crippen LogP contribution in [0.25, 0.3) is 11.5 Å². The van der Waals surface area contributed by atoms with E-state index in [0.717, 1.165) is 12.0 Å². The summed E-state index contributed by atoms with van der Waals surface area (Å²) in [7, 11) is 0. The normalized spacial score (nSPS) is 10.9. The maximum atomic E-state index is 13.1. The average molecular weight is 476 g/mol. The molecule has 0 bridgehead atoms. The summed E-state index contributed by atoms with van der Waals surface area (Å²) >= 11 is 6.23. The summed E-state index contributed by atoms with van der Waals surface area (Å²) in [6.45, 7) is 3.97. The van der Waals surface area contributed by atoms with Gasteiger partial charge in [-0.3, -0.25) is 4.79 Å². The molecule has 7 heteroatoms. The Kier molecular flexibility index (Phi) is 7.60. The third-order valence-electron chi connectivity index (χ3n) is 5.38. The standard InChI is InChI=1S/C27H26ClN3O3/c1-19(2)31(17-25-29-30-27(34-25)22-13-7-8-14-23(22)28)26(32)18-33-24-15-9-6-12-21(24)16-20-10-4-3-5-11-20/h3-15,19H,16-18H2,1-2H3. The summed E-state index contributed by atoms with van der Waals surface area (Å²) < 4.78 is 11.7. The van der Waals surface area contributed by atoms with Crippen molar-refractivity contribution in [3.63, 3.8) is 0 Å². The Morgan fingerprint density at radius 2 is 1.68 bits per heavy atom. The molecule has 0 unspecified atom stereocenters. The third kappa shape index (κ3) is 5.83. The average Bonchev–Trinajstić information content (AvgIpc) is 3.31. The molecule has 0 saturated heterocycles. The molecule has 1 amide bonds. The highest BCUT2D eigenvalue weighted by Gasteiger charge is 2.22. The van der Waals surface area contributed by atoms with Gasteiger partial charge in [0.05, 0.1) is 17.1 Å². The number of nitrogens with zero attached hydrogens (tertiary/aromatic N) is 3. The summed E-state index contributed by atoms with van der Waals surface area (Å²) in [6, 6.07) is 25.1. The van der Waals surface area contributed by atoms with E-state index < -0.39 is 0 Å². The van der Waals surface area contributed by atoms with E-state index in [1.165, 1.54) is 5.56 Å². The minimum Gasteiger partial charge on any atom is -0.483 e. The molecule has 0 saturated carbocycles. The monoisotopic (exact) mass is 475 g/mol. The van der Waals surface area contributed by atoms with Gasteiger partial charge in [0, 0.05) is 12.5 Å². The molecule has 4 rings (SSSR count). The number of ether oxygens (including phenoxy) is 1. The van der Waals surface area contributed by atoms with E-state index >= 15 is 0 Å². The maximum absolute atomic E-state index is 13.1. The third-order valence-corrected chi connectivity index (χ3v) is 5.71. The molecule has 0 aliphatic carbocycles. The molecule has 174 valence electrons. The highest BCUT2D eigenvalue weighted by molar-refractivity contribution is 6.33. The van der Waals surface area contributed by atoms with Gasteiger partial charge < -0.3 is 14.1 Å². The summed E-state index contributed by atoms with van der Waals surface area (Å²) in [5.74, 6) is 1.19. The number of halogens is 1. The molecule has 1 heterocycles. The fraction of sp³-hybridized carbons (Fsp3) is 0.222. The molecular formula is C27H26ClN3O3. The van der Waals surface area contributed by atoms with E-state index in [0.29, 0.717) is 28.1 Å². The van der Waals surface area contributed by atoms with Crippen LogP contribution in [0.2, 0.25) is 5.02 Å². The topological polar surface area (TPSA) is 68.5 Å². The second-order valence-corrected chi connectivity index (χ2v) is 8.56. The fourth-order valence-corrected chi connectivity index (χ4v) is 3.81. The smallest absolute Gasteiger partial charge is 0.261 e. The van der Waals surface area contributed by atoms with Crippen LogP contribution in [0.5, 0.6) is 5.75 Å².